The highest BCUT2D eigenvalue weighted by Gasteiger charge is 2.27. The largest absolute Gasteiger partial charge is 0.468 e. The van der Waals surface area contributed by atoms with Crippen LogP contribution >= 0.6 is 11.8 Å². The number of rotatable bonds is 10. The van der Waals surface area contributed by atoms with Gasteiger partial charge in [0.05, 0.1) is 18.6 Å². The Hall–Kier alpha value is -2.19. The molecule has 1 aliphatic rings. The third-order valence-corrected chi connectivity index (χ3v) is 5.79. The molecular weight excluding hydrogens is 390 g/mol. The van der Waals surface area contributed by atoms with Crippen molar-refractivity contribution in [3.63, 3.8) is 0 Å². The number of carbonyl (C=O) groups is 2. The summed E-state index contributed by atoms with van der Waals surface area (Å²) in [6.45, 7) is 2.43. The van der Waals surface area contributed by atoms with Gasteiger partial charge >= 0.3 is 0 Å². The Morgan fingerprint density at radius 2 is 1.90 bits per heavy atom. The molecule has 1 aliphatic heterocycles. The van der Waals surface area contributed by atoms with Crippen molar-refractivity contribution in [3.8, 4) is 0 Å². The quantitative estimate of drug-likeness (QED) is 0.615. The van der Waals surface area contributed by atoms with Crippen LogP contribution in [0.25, 0.3) is 0 Å². The highest BCUT2D eigenvalue weighted by atomic mass is 32.2. The van der Waals surface area contributed by atoms with Crippen molar-refractivity contribution in [1.82, 2.24) is 15.5 Å². The molecule has 2 atom stereocenters. The molecule has 3 rings (SSSR count). The molecule has 0 aliphatic carbocycles. The van der Waals surface area contributed by atoms with Crippen molar-refractivity contribution in [2.75, 3.05) is 31.6 Å². The van der Waals surface area contributed by atoms with Crippen LogP contribution < -0.4 is 10.6 Å². The molecule has 2 aromatic rings. The van der Waals surface area contributed by atoms with Crippen molar-refractivity contribution in [2.24, 2.45) is 0 Å². The Bertz CT molecular complexity index is 742. The number of nitrogens with zero attached hydrogens (tertiary/aromatic N) is 1. The Balaban J connectivity index is 1.62. The van der Waals surface area contributed by atoms with E-state index in [4.69, 9.17) is 8.83 Å². The maximum atomic E-state index is 12.9. The van der Waals surface area contributed by atoms with E-state index in [1.807, 2.05) is 18.4 Å². The number of hydrogen-bond donors (Lipinski definition) is 2. The van der Waals surface area contributed by atoms with Crippen molar-refractivity contribution >= 4 is 23.6 Å². The summed E-state index contributed by atoms with van der Waals surface area (Å²) in [5, 5.41) is 5.83. The minimum Gasteiger partial charge on any atom is -0.468 e. The highest BCUT2D eigenvalue weighted by molar-refractivity contribution is 7.98. The maximum absolute atomic E-state index is 12.9. The van der Waals surface area contributed by atoms with Gasteiger partial charge in [0.25, 0.3) is 5.91 Å². The number of piperidine rings is 1. The predicted molar refractivity (Wildman–Crippen MR) is 113 cm³/mol. The molecule has 0 aromatic carbocycles. The number of likely N-dealkylation sites (tertiary alicyclic amines) is 1. The topological polar surface area (TPSA) is 87.7 Å². The van der Waals surface area contributed by atoms with Gasteiger partial charge in [-0.15, -0.1) is 0 Å². The van der Waals surface area contributed by atoms with E-state index in [9.17, 15) is 9.59 Å². The standard InChI is InChI=1S/C21H29N3O4S/c1-29-14-9-16(23-21(26)19-8-6-13-28-19)20(25)22-15-17(18-7-5-12-27-18)24-10-3-2-4-11-24/h5-8,12-13,16-17H,2-4,9-11,14-15H2,1H3,(H,22,25)(H,23,26)/t16-,17+/m1/s1. The second-order valence-electron chi connectivity index (χ2n) is 7.16. The first-order valence-electron chi connectivity index (χ1n) is 10.1. The molecule has 8 heteroatoms. The lowest BCUT2D eigenvalue weighted by molar-refractivity contribution is -0.123. The fraction of sp³-hybridized carbons (Fsp3) is 0.524. The summed E-state index contributed by atoms with van der Waals surface area (Å²) in [4.78, 5) is 27.6. The molecule has 0 radical (unpaired) electrons. The zero-order chi connectivity index (χ0) is 20.5. The Labute approximate surface area is 175 Å². The monoisotopic (exact) mass is 419 g/mol. The lowest BCUT2D eigenvalue weighted by Gasteiger charge is -2.33. The van der Waals surface area contributed by atoms with E-state index in [2.05, 4.69) is 15.5 Å². The highest BCUT2D eigenvalue weighted by Crippen LogP contribution is 2.24. The fourth-order valence-corrected chi connectivity index (χ4v) is 4.05. The summed E-state index contributed by atoms with van der Waals surface area (Å²) in [6.07, 6.45) is 9.18. The second kappa shape index (κ2) is 11.1. The van der Waals surface area contributed by atoms with Gasteiger partial charge in [0.1, 0.15) is 11.8 Å². The molecular formula is C21H29N3O4S. The SMILES string of the molecule is CSCC[C@@H](NC(=O)c1ccco1)C(=O)NC[C@@H](c1ccco1)N1CCCCC1. The first-order valence-corrected chi connectivity index (χ1v) is 11.5. The Morgan fingerprint density at radius 3 is 2.55 bits per heavy atom. The number of nitrogens with one attached hydrogen (secondary N) is 2. The summed E-state index contributed by atoms with van der Waals surface area (Å²) >= 11 is 1.64. The lowest BCUT2D eigenvalue weighted by Crippen LogP contribution is -2.49. The van der Waals surface area contributed by atoms with Gasteiger partial charge in [-0.2, -0.15) is 11.8 Å². The zero-order valence-electron chi connectivity index (χ0n) is 16.8. The normalized spacial score (nSPS) is 16.9. The van der Waals surface area contributed by atoms with Crippen LogP contribution in [0.5, 0.6) is 0 Å². The molecule has 0 spiro atoms. The van der Waals surface area contributed by atoms with Gasteiger partial charge in [-0.3, -0.25) is 14.5 Å². The Morgan fingerprint density at radius 1 is 1.14 bits per heavy atom. The predicted octanol–water partition coefficient (Wildman–Crippen LogP) is 3.07. The van der Waals surface area contributed by atoms with Crippen molar-refractivity contribution in [3.05, 3.63) is 48.3 Å². The molecule has 29 heavy (non-hydrogen) atoms. The minimum absolute atomic E-state index is 0.00349. The Kier molecular flexibility index (Phi) is 8.25. The van der Waals surface area contributed by atoms with Crippen LogP contribution in [0.15, 0.2) is 45.6 Å². The van der Waals surface area contributed by atoms with Crippen LogP contribution in [0.4, 0.5) is 0 Å². The van der Waals surface area contributed by atoms with Crippen LogP contribution in [0.2, 0.25) is 0 Å². The number of carbonyl (C=O) groups excluding carboxylic acids is 2. The molecule has 158 valence electrons. The third kappa shape index (κ3) is 6.14. The van der Waals surface area contributed by atoms with Crippen LogP contribution in [0.1, 0.15) is 48.0 Å². The van der Waals surface area contributed by atoms with E-state index in [1.165, 1.54) is 12.7 Å². The number of furan rings is 2. The zero-order valence-corrected chi connectivity index (χ0v) is 17.6. The molecule has 0 unspecified atom stereocenters. The van der Waals surface area contributed by atoms with Crippen molar-refractivity contribution in [2.45, 2.75) is 37.8 Å². The van der Waals surface area contributed by atoms with Crippen LogP contribution in [-0.4, -0.2) is 54.4 Å². The molecule has 2 N–H and O–H groups in total. The van der Waals surface area contributed by atoms with Gasteiger partial charge < -0.3 is 19.5 Å². The summed E-state index contributed by atoms with van der Waals surface area (Å²) in [7, 11) is 0. The molecule has 0 bridgehead atoms. The average Bonchev–Trinajstić information content (AvgIpc) is 3.46. The summed E-state index contributed by atoms with van der Waals surface area (Å²) < 4.78 is 10.8. The molecule has 7 nitrogen and oxygen atoms in total. The molecule has 0 saturated carbocycles. The number of amides is 2. The summed E-state index contributed by atoms with van der Waals surface area (Å²) in [5.41, 5.74) is 0. The first kappa shape index (κ1) is 21.5. The molecule has 2 amide bonds. The maximum Gasteiger partial charge on any atom is 0.287 e. The molecule has 1 saturated heterocycles. The lowest BCUT2D eigenvalue weighted by atomic mass is 10.1. The summed E-state index contributed by atoms with van der Waals surface area (Å²) in [5.74, 6) is 1.26. The average molecular weight is 420 g/mol. The third-order valence-electron chi connectivity index (χ3n) is 5.15. The van der Waals surface area contributed by atoms with Crippen molar-refractivity contribution < 1.29 is 18.4 Å². The van der Waals surface area contributed by atoms with E-state index < -0.39 is 6.04 Å². The van der Waals surface area contributed by atoms with E-state index in [0.717, 1.165) is 37.4 Å². The van der Waals surface area contributed by atoms with Gasteiger partial charge in [0.2, 0.25) is 5.91 Å². The number of thioether (sulfide) groups is 1. The summed E-state index contributed by atoms with van der Waals surface area (Å²) in [6, 6.07) is 6.45. The molecule has 2 aromatic heterocycles. The van der Waals surface area contributed by atoms with E-state index in [-0.39, 0.29) is 23.6 Å². The van der Waals surface area contributed by atoms with Crippen LogP contribution in [0, 0.1) is 0 Å². The second-order valence-corrected chi connectivity index (χ2v) is 8.14. The van der Waals surface area contributed by atoms with E-state index >= 15 is 0 Å². The van der Waals surface area contributed by atoms with E-state index in [0.29, 0.717) is 13.0 Å². The van der Waals surface area contributed by atoms with Crippen molar-refractivity contribution in [1.29, 1.82) is 0 Å². The van der Waals surface area contributed by atoms with Crippen LogP contribution in [-0.2, 0) is 4.79 Å². The number of hydrogen-bond acceptors (Lipinski definition) is 6. The van der Waals surface area contributed by atoms with Gasteiger partial charge in [0, 0.05) is 6.54 Å². The minimum atomic E-state index is -0.612. The molecule has 1 fully saturated rings. The van der Waals surface area contributed by atoms with Gasteiger partial charge in [-0.1, -0.05) is 6.42 Å². The van der Waals surface area contributed by atoms with Gasteiger partial charge in [0.15, 0.2) is 5.76 Å². The smallest absolute Gasteiger partial charge is 0.287 e. The van der Waals surface area contributed by atoms with E-state index in [1.54, 1.807) is 30.2 Å². The van der Waals surface area contributed by atoms with Gasteiger partial charge in [-0.25, -0.2) is 0 Å². The fourth-order valence-electron chi connectivity index (χ4n) is 3.58. The van der Waals surface area contributed by atoms with Gasteiger partial charge in [-0.05, 0) is 68.6 Å². The van der Waals surface area contributed by atoms with Crippen LogP contribution in [0.3, 0.4) is 0 Å². The first-order chi connectivity index (χ1) is 14.2. The molecule has 3 heterocycles.